The fourth-order valence-corrected chi connectivity index (χ4v) is 7.61. The molecule has 3 aliphatic rings. The molecule has 3 aliphatic heterocycles. The molecule has 0 radical (unpaired) electrons. The number of carbonyl (C=O) groups is 4. The standard InChI is InChI=1S/C42H52N6O6/c1-29(9-5-16-38(50)47(21-22-49)27-30-10-3-2-4-11-30)42(54)36-24-35(46-40(52)33-14-8-20-44-26-33)17-18-37(36)48(41(42)53)28-31-12-6-15-34(23-31)45-39(51)32-13-7-19-43-25-32/h2-6,9-12,15,17-18,23-24,29,32-33,43-44,49,54H,7-8,13-14,16,19-22,25-28H2,1H3,(H,45,51)(H,46,52)/b9-5+/t29-,32?,33?,42+/m1/s1. The van der Waals surface area contributed by atoms with Crippen LogP contribution in [0, 0.1) is 17.8 Å². The third-order valence-electron chi connectivity index (χ3n) is 10.7. The fraction of sp³-hybridized carbons (Fsp3) is 0.429. The molecule has 2 unspecified atom stereocenters. The highest BCUT2D eigenvalue weighted by atomic mass is 16.3. The van der Waals surface area contributed by atoms with Gasteiger partial charge >= 0.3 is 0 Å². The molecule has 3 aromatic rings. The highest BCUT2D eigenvalue weighted by Gasteiger charge is 2.52. The summed E-state index contributed by atoms with van der Waals surface area (Å²) in [5.74, 6) is -1.95. The molecule has 0 bridgehead atoms. The Hall–Kier alpha value is -4.88. The van der Waals surface area contributed by atoms with Crippen LogP contribution in [0.15, 0.2) is 84.9 Å². The van der Waals surface area contributed by atoms with Crippen molar-refractivity contribution < 1.29 is 29.4 Å². The molecule has 12 heteroatoms. The minimum Gasteiger partial charge on any atom is -0.395 e. The Bertz CT molecular complexity index is 1820. The topological polar surface area (TPSA) is 163 Å². The number of carbonyl (C=O) groups excluding carboxylic acids is 4. The molecule has 54 heavy (non-hydrogen) atoms. The Morgan fingerprint density at radius 3 is 2.19 bits per heavy atom. The summed E-state index contributed by atoms with van der Waals surface area (Å²) in [5.41, 5.74) is 1.67. The number of benzene rings is 3. The van der Waals surface area contributed by atoms with Crippen LogP contribution < -0.4 is 26.2 Å². The highest BCUT2D eigenvalue weighted by Crippen LogP contribution is 2.47. The van der Waals surface area contributed by atoms with Crippen molar-refractivity contribution in [2.24, 2.45) is 17.8 Å². The van der Waals surface area contributed by atoms with Gasteiger partial charge in [0.25, 0.3) is 5.91 Å². The predicted molar refractivity (Wildman–Crippen MR) is 208 cm³/mol. The molecule has 6 N–H and O–H groups in total. The minimum atomic E-state index is -2.00. The normalized spacial score (nSPS) is 21.8. The molecular formula is C42H52N6O6. The smallest absolute Gasteiger partial charge is 0.264 e. The van der Waals surface area contributed by atoms with Crippen LogP contribution in [0.4, 0.5) is 17.1 Å². The third kappa shape index (κ3) is 9.07. The molecule has 3 aromatic carbocycles. The summed E-state index contributed by atoms with van der Waals surface area (Å²) in [4.78, 5) is 57.0. The summed E-state index contributed by atoms with van der Waals surface area (Å²) in [6.45, 7) is 5.23. The SMILES string of the molecule is C[C@H](/C=C/CC(=O)N(CCO)Cc1ccccc1)[C@@]1(O)C(=O)N(Cc2cccc(NC(=O)C3CCCNC3)c2)c2ccc(NC(=O)C3CCCNC3)cc21. The first-order chi connectivity index (χ1) is 26.2. The Balaban J connectivity index is 1.23. The number of rotatable bonds is 14. The minimum absolute atomic E-state index is 0.0129. The molecule has 4 amide bonds. The van der Waals surface area contributed by atoms with Crippen LogP contribution in [0.2, 0.25) is 0 Å². The zero-order valence-electron chi connectivity index (χ0n) is 30.9. The lowest BCUT2D eigenvalue weighted by Crippen LogP contribution is -2.44. The van der Waals surface area contributed by atoms with Crippen molar-refractivity contribution in [3.8, 4) is 0 Å². The van der Waals surface area contributed by atoms with Crippen LogP contribution in [0.25, 0.3) is 0 Å². The molecule has 286 valence electrons. The lowest BCUT2D eigenvalue weighted by molar-refractivity contribution is -0.139. The lowest BCUT2D eigenvalue weighted by Gasteiger charge is -2.28. The number of anilines is 3. The van der Waals surface area contributed by atoms with E-state index in [1.165, 1.54) is 4.90 Å². The van der Waals surface area contributed by atoms with Gasteiger partial charge in [-0.15, -0.1) is 0 Å². The lowest BCUT2D eigenvalue weighted by atomic mass is 9.82. The number of nitrogens with one attached hydrogen (secondary N) is 4. The van der Waals surface area contributed by atoms with E-state index in [-0.39, 0.29) is 55.7 Å². The van der Waals surface area contributed by atoms with Gasteiger partial charge in [0, 0.05) is 55.5 Å². The number of aliphatic hydroxyl groups excluding tert-OH is 1. The van der Waals surface area contributed by atoms with E-state index in [4.69, 9.17) is 0 Å². The maximum Gasteiger partial charge on any atom is 0.264 e. The van der Waals surface area contributed by atoms with Crippen LogP contribution in [0.5, 0.6) is 0 Å². The molecule has 0 spiro atoms. The number of hydrogen-bond acceptors (Lipinski definition) is 8. The first-order valence-corrected chi connectivity index (χ1v) is 19.1. The molecular weight excluding hydrogens is 684 g/mol. The van der Waals surface area contributed by atoms with Gasteiger partial charge in [0.1, 0.15) is 0 Å². The van der Waals surface area contributed by atoms with Gasteiger partial charge < -0.3 is 41.3 Å². The van der Waals surface area contributed by atoms with Gasteiger partial charge in [-0.2, -0.15) is 0 Å². The second-order valence-corrected chi connectivity index (χ2v) is 14.6. The van der Waals surface area contributed by atoms with Gasteiger partial charge in [0.05, 0.1) is 30.7 Å². The summed E-state index contributed by atoms with van der Waals surface area (Å²) in [6.07, 6.45) is 6.80. The van der Waals surface area contributed by atoms with E-state index in [1.54, 1.807) is 42.2 Å². The Labute approximate surface area is 317 Å². The largest absolute Gasteiger partial charge is 0.395 e. The van der Waals surface area contributed by atoms with E-state index in [2.05, 4.69) is 21.3 Å². The van der Waals surface area contributed by atoms with Gasteiger partial charge in [-0.05, 0) is 80.2 Å². The van der Waals surface area contributed by atoms with Crippen molar-refractivity contribution in [3.63, 3.8) is 0 Å². The maximum atomic E-state index is 14.4. The average Bonchev–Trinajstić information content (AvgIpc) is 3.40. The van der Waals surface area contributed by atoms with E-state index in [9.17, 15) is 29.4 Å². The van der Waals surface area contributed by atoms with Crippen LogP contribution in [0.1, 0.15) is 55.7 Å². The van der Waals surface area contributed by atoms with E-state index >= 15 is 0 Å². The molecule has 2 fully saturated rings. The van der Waals surface area contributed by atoms with Crippen molar-refractivity contribution in [1.82, 2.24) is 15.5 Å². The number of amides is 4. The van der Waals surface area contributed by atoms with Crippen molar-refractivity contribution in [2.75, 3.05) is 54.9 Å². The summed E-state index contributed by atoms with van der Waals surface area (Å²) in [5, 5.41) is 34.6. The number of nitrogens with zero attached hydrogens (tertiary/aromatic N) is 2. The molecule has 2 saturated heterocycles. The van der Waals surface area contributed by atoms with Crippen molar-refractivity contribution in [1.29, 1.82) is 0 Å². The second-order valence-electron chi connectivity index (χ2n) is 14.6. The van der Waals surface area contributed by atoms with Crippen molar-refractivity contribution >= 4 is 40.7 Å². The van der Waals surface area contributed by atoms with Gasteiger partial charge in [-0.3, -0.25) is 19.2 Å². The number of piperidine rings is 2. The summed E-state index contributed by atoms with van der Waals surface area (Å²) < 4.78 is 0. The fourth-order valence-electron chi connectivity index (χ4n) is 7.61. The quantitative estimate of drug-likeness (QED) is 0.136. The summed E-state index contributed by atoms with van der Waals surface area (Å²) in [7, 11) is 0. The average molecular weight is 737 g/mol. The monoisotopic (exact) mass is 736 g/mol. The van der Waals surface area contributed by atoms with E-state index in [0.29, 0.717) is 42.3 Å². The number of hydrogen-bond donors (Lipinski definition) is 6. The predicted octanol–water partition coefficient (Wildman–Crippen LogP) is 3.90. The molecule has 12 nitrogen and oxygen atoms in total. The molecule has 0 aliphatic carbocycles. The van der Waals surface area contributed by atoms with E-state index in [1.807, 2.05) is 54.6 Å². The number of fused-ring (bicyclic) bond motifs is 1. The third-order valence-corrected chi connectivity index (χ3v) is 10.7. The molecule has 3 heterocycles. The Morgan fingerprint density at radius 1 is 0.907 bits per heavy atom. The highest BCUT2D eigenvalue weighted by molar-refractivity contribution is 6.08. The van der Waals surface area contributed by atoms with E-state index < -0.39 is 17.4 Å². The summed E-state index contributed by atoms with van der Waals surface area (Å²) in [6, 6.07) is 22.1. The molecule has 4 atom stereocenters. The summed E-state index contributed by atoms with van der Waals surface area (Å²) >= 11 is 0. The van der Waals surface area contributed by atoms with Crippen molar-refractivity contribution in [2.45, 2.75) is 57.7 Å². The van der Waals surface area contributed by atoms with Crippen LogP contribution in [0.3, 0.4) is 0 Å². The molecule has 0 saturated carbocycles. The maximum absolute atomic E-state index is 14.4. The van der Waals surface area contributed by atoms with Crippen LogP contribution in [-0.2, 0) is 37.9 Å². The second kappa shape index (κ2) is 18.0. The van der Waals surface area contributed by atoms with Gasteiger partial charge in [-0.25, -0.2) is 0 Å². The number of aliphatic hydroxyl groups is 2. The molecule has 0 aromatic heterocycles. The van der Waals surface area contributed by atoms with Crippen LogP contribution in [-0.4, -0.2) is 78.1 Å². The molecule has 6 rings (SSSR count). The van der Waals surface area contributed by atoms with Crippen molar-refractivity contribution in [3.05, 3.63) is 102 Å². The van der Waals surface area contributed by atoms with E-state index in [0.717, 1.165) is 49.9 Å². The van der Waals surface area contributed by atoms with Gasteiger partial charge in [0.2, 0.25) is 17.7 Å². The first-order valence-electron chi connectivity index (χ1n) is 19.1. The zero-order chi connectivity index (χ0) is 38.1. The Kier molecular flexibility index (Phi) is 12.9. The first kappa shape index (κ1) is 38.8. The van der Waals surface area contributed by atoms with Crippen LogP contribution >= 0.6 is 0 Å². The Morgan fingerprint density at radius 2 is 1.56 bits per heavy atom. The zero-order valence-corrected chi connectivity index (χ0v) is 30.9. The van der Waals surface area contributed by atoms with Gasteiger partial charge in [-0.1, -0.05) is 61.5 Å². The van der Waals surface area contributed by atoms with Gasteiger partial charge in [0.15, 0.2) is 5.60 Å².